The maximum absolute atomic E-state index is 13.1. The molecule has 7 aliphatic rings. The van der Waals surface area contributed by atoms with E-state index in [0.29, 0.717) is 0 Å². The highest BCUT2D eigenvalue weighted by molar-refractivity contribution is 5.74. The third-order valence-corrected chi connectivity index (χ3v) is 17.1. The lowest BCUT2D eigenvalue weighted by Crippen LogP contribution is -2.70. The van der Waals surface area contributed by atoms with E-state index in [0.717, 1.165) is 20.8 Å². The number of amides is 3. The lowest BCUT2D eigenvalue weighted by Gasteiger charge is -2.51. The first-order valence-corrected chi connectivity index (χ1v) is 30.3. The fraction of sp³-hybridized carbons (Fsp3) is 0.943. The molecule has 95 heavy (non-hydrogen) atoms. The quantitative estimate of drug-likeness (QED) is 0.0363. The number of aliphatic hydroxyl groups excluding tert-OH is 22. The van der Waals surface area contributed by atoms with Gasteiger partial charge in [-0.15, -0.1) is 0 Å². The Labute approximate surface area is 539 Å². The van der Waals surface area contributed by atoms with Gasteiger partial charge in [0.15, 0.2) is 44.0 Å². The normalized spacial score (nSPS) is 46.4. The Morgan fingerprint density at radius 3 is 1.45 bits per heavy atom. The summed E-state index contributed by atoms with van der Waals surface area (Å²) in [5, 5.41) is 248. The van der Waals surface area contributed by atoms with Gasteiger partial charge in [-0.1, -0.05) is 0 Å². The molecule has 0 aromatic heterocycles. The fourth-order valence-electron chi connectivity index (χ4n) is 11.8. The maximum atomic E-state index is 13.1. The van der Waals surface area contributed by atoms with Crippen LogP contribution >= 0.6 is 0 Å². The van der Waals surface area contributed by atoms with Gasteiger partial charge < -0.3 is 195 Å². The zero-order valence-electron chi connectivity index (χ0n) is 51.4. The van der Waals surface area contributed by atoms with Crippen LogP contribution in [0.25, 0.3) is 0 Å². The molecule has 0 spiro atoms. The zero-order chi connectivity index (χ0) is 70.3. The second-order valence-corrected chi connectivity index (χ2v) is 23.9. The van der Waals surface area contributed by atoms with Crippen molar-refractivity contribution in [1.82, 2.24) is 16.0 Å². The summed E-state index contributed by atoms with van der Waals surface area (Å²) >= 11 is 0. The molecule has 42 nitrogen and oxygen atoms in total. The minimum absolute atomic E-state index is 0.779. The minimum Gasteiger partial charge on any atom is -0.394 e. The third-order valence-electron chi connectivity index (χ3n) is 17.1. The Balaban J connectivity index is 1.29. The molecule has 0 bridgehead atoms. The molecule has 7 fully saturated rings. The lowest BCUT2D eigenvalue weighted by molar-refractivity contribution is -0.405. The fourth-order valence-corrected chi connectivity index (χ4v) is 11.8. The second-order valence-electron chi connectivity index (χ2n) is 23.9. The van der Waals surface area contributed by atoms with Crippen molar-refractivity contribution in [3.8, 4) is 0 Å². The largest absolute Gasteiger partial charge is 0.394 e. The van der Waals surface area contributed by atoms with Crippen molar-refractivity contribution < 1.29 is 193 Å². The molecule has 0 saturated carbocycles. The summed E-state index contributed by atoms with van der Waals surface area (Å²) < 4.78 is 83.4. The van der Waals surface area contributed by atoms with Gasteiger partial charge in [-0.2, -0.15) is 0 Å². The van der Waals surface area contributed by atoms with Gasteiger partial charge in [0.25, 0.3) is 0 Å². The Morgan fingerprint density at radius 1 is 0.411 bits per heavy atom. The van der Waals surface area contributed by atoms with E-state index in [1.807, 2.05) is 0 Å². The van der Waals surface area contributed by atoms with Crippen LogP contribution in [0.4, 0.5) is 0 Å². The molecule has 7 saturated heterocycles. The monoisotopic (exact) mass is 1390 g/mol. The molecule has 42 heteroatoms. The van der Waals surface area contributed by atoms with Crippen molar-refractivity contribution >= 4 is 17.7 Å². The summed E-state index contributed by atoms with van der Waals surface area (Å²) in [6.45, 7) is -4.36. The van der Waals surface area contributed by atoms with Crippen LogP contribution in [0.5, 0.6) is 0 Å². The van der Waals surface area contributed by atoms with Crippen LogP contribution in [0, 0.1) is 0 Å². The predicted octanol–water partition coefficient (Wildman–Crippen LogP) is -16.7. The highest BCUT2D eigenvalue weighted by Crippen LogP contribution is 2.39. The van der Waals surface area contributed by atoms with E-state index in [1.165, 1.54) is 6.92 Å². The van der Waals surface area contributed by atoms with Crippen LogP contribution in [0.15, 0.2) is 0 Å². The van der Waals surface area contributed by atoms with Gasteiger partial charge in [0.05, 0.1) is 65.0 Å². The van der Waals surface area contributed by atoms with Gasteiger partial charge >= 0.3 is 0 Å². The summed E-state index contributed by atoms with van der Waals surface area (Å²) in [6, 6.07) is -5.45. The number of hydrogen-bond acceptors (Lipinski definition) is 39. The first-order chi connectivity index (χ1) is 44.9. The molecule has 0 aromatic rings. The molecule has 7 heterocycles. The number of nitrogens with one attached hydrogen (secondary N) is 3. The van der Waals surface area contributed by atoms with Crippen molar-refractivity contribution in [3.63, 3.8) is 0 Å². The maximum Gasteiger partial charge on any atom is 0.217 e. The number of hydrogen-bond donors (Lipinski definition) is 25. The van der Waals surface area contributed by atoms with E-state index in [2.05, 4.69) is 16.0 Å². The Hall–Kier alpha value is -3.03. The van der Waals surface area contributed by atoms with Crippen LogP contribution in [0.2, 0.25) is 0 Å². The van der Waals surface area contributed by atoms with Crippen LogP contribution in [0.1, 0.15) is 27.7 Å². The molecule has 7 rings (SSSR count). The van der Waals surface area contributed by atoms with Gasteiger partial charge in [0.2, 0.25) is 17.7 Å². The van der Waals surface area contributed by atoms with E-state index < -0.39 is 304 Å². The Morgan fingerprint density at radius 2 is 0.884 bits per heavy atom. The van der Waals surface area contributed by atoms with Crippen molar-refractivity contribution in [2.75, 3.05) is 52.9 Å². The minimum atomic E-state index is -2.41. The molecule has 3 amide bonds. The molecule has 552 valence electrons. The van der Waals surface area contributed by atoms with E-state index in [-0.39, 0.29) is 0 Å². The van der Waals surface area contributed by atoms with E-state index in [1.54, 1.807) is 0 Å². The number of carbonyl (C=O) groups is 3. The van der Waals surface area contributed by atoms with Crippen LogP contribution in [-0.4, -0.2) is 416 Å². The van der Waals surface area contributed by atoms with Gasteiger partial charge in [-0.25, -0.2) is 0 Å². The third kappa shape index (κ3) is 18.2. The Bertz CT molecular complexity index is 2390. The first kappa shape index (κ1) is 79.3. The van der Waals surface area contributed by atoms with Crippen molar-refractivity contribution in [3.05, 3.63) is 0 Å². The van der Waals surface area contributed by atoms with E-state index in [4.69, 9.17) is 66.3 Å². The second kappa shape index (κ2) is 35.0. The van der Waals surface area contributed by atoms with Gasteiger partial charge in [-0.3, -0.25) is 14.4 Å². The average molecular weight is 1390 g/mol. The SMILES string of the molecule is CC(=O)N[C@H]1[C@H](O[C@@H]([C@H](O[C@@H]2O[C@@H](C)[C@@H](O)[C@@H](O)[C@@H]2O)[C@H](CO)NC(C)=O)[C@H](O)CO)O[C@H](CO)[C@@H](O[C@@H]2O[C@H](CO[C@H]3O[C@H](CO)[C@@H](O)[C@H](O)[C@@H]3O[C@@H]3O[C@H](CO)[C@@H](O)[C@H](O)[C@H]3NC(C)=O)[C@@H](O)[C@H](O[C@H]3O[C@H](CO)[C@@H](O)[C@H](O)[C@@H]3O)[C@@H]2O[C@@H]2OC[C@@H](O)[C@H](O)[C@H]2O)[C@@H]1O. The average Bonchev–Trinajstić information content (AvgIpc) is 0.792. The zero-order valence-corrected chi connectivity index (χ0v) is 51.4. The van der Waals surface area contributed by atoms with Gasteiger partial charge in [0, 0.05) is 20.8 Å². The highest BCUT2D eigenvalue weighted by Gasteiger charge is 2.59. The molecule has 0 radical (unpaired) electrons. The molecule has 25 N–H and O–H groups in total. The standard InChI is InChI=1S/C53H91N3O39/c1-13-27(68)35(76)39(80)50(84-13)90-41(17(5-57)54-14(2)63)42(18(66)6-58)91-48-26(56-16(4)65)34(75)43(23(10-62)88-48)92-53-46(95-49-38(79)28(69)19(67)11-82-49)44(93-51-40(81)36(77)30(71)21(8-60)86-51)32(73)24(89-53)12-83-52-45(37(78)31(72)22(9-61)87-52)94-47-25(55-15(3)64)33(74)29(70)20(7-59)85-47/h13,17-53,57-62,66-81H,5-12H2,1-4H3,(H,54,63)(H,55,64)(H,56,65)/t13-,17-,18+,19+,20+,21+,22+,23+,24+,25+,26+,27+,28-,29+,30+,31+,32+,33+,34+,35+,36-,37-,38+,39-,40-,41+,42+,43+,44-,45-,46-,47-,48-,49-,50-,51+,52-,53-/m0/s1. The predicted molar refractivity (Wildman–Crippen MR) is 294 cm³/mol. The summed E-state index contributed by atoms with van der Waals surface area (Å²) in [7, 11) is 0. The van der Waals surface area contributed by atoms with Crippen LogP contribution < -0.4 is 16.0 Å². The van der Waals surface area contributed by atoms with Crippen molar-refractivity contribution in [2.24, 2.45) is 0 Å². The lowest BCUT2D eigenvalue weighted by atomic mass is 9.94. The van der Waals surface area contributed by atoms with Crippen LogP contribution in [0.3, 0.4) is 0 Å². The molecular formula is C53H91N3O39. The number of aliphatic hydroxyl groups is 22. The molecule has 0 aliphatic carbocycles. The molecule has 7 aliphatic heterocycles. The summed E-state index contributed by atoms with van der Waals surface area (Å²) in [6.07, 6.45) is -71.7. The van der Waals surface area contributed by atoms with Crippen LogP contribution in [-0.2, 0) is 80.7 Å². The highest BCUT2D eigenvalue weighted by atomic mass is 16.8. The molecular weight excluding hydrogens is 1300 g/mol. The van der Waals surface area contributed by atoms with E-state index >= 15 is 0 Å². The first-order valence-electron chi connectivity index (χ1n) is 30.3. The topological polar surface area (TPSA) is 662 Å². The number of ether oxygens (including phenoxy) is 14. The number of rotatable bonds is 27. The number of carbonyl (C=O) groups excluding carboxylic acids is 3. The van der Waals surface area contributed by atoms with Crippen molar-refractivity contribution in [1.29, 1.82) is 0 Å². The molecule has 0 unspecified atom stereocenters. The summed E-state index contributed by atoms with van der Waals surface area (Å²) in [5.74, 6) is -2.66. The summed E-state index contributed by atoms with van der Waals surface area (Å²) in [5.41, 5.74) is 0. The molecule has 38 atom stereocenters. The van der Waals surface area contributed by atoms with Crippen molar-refractivity contribution in [2.45, 2.75) is 261 Å². The van der Waals surface area contributed by atoms with Gasteiger partial charge in [-0.05, 0) is 6.92 Å². The Kier molecular flexibility index (Phi) is 29.2. The van der Waals surface area contributed by atoms with E-state index in [9.17, 15) is 127 Å². The summed E-state index contributed by atoms with van der Waals surface area (Å²) in [4.78, 5) is 38.0. The smallest absolute Gasteiger partial charge is 0.217 e. The molecule has 0 aromatic carbocycles. The van der Waals surface area contributed by atoms with Gasteiger partial charge in [0.1, 0.15) is 177 Å².